The third-order valence-corrected chi connectivity index (χ3v) is 4.34. The van der Waals surface area contributed by atoms with Crippen LogP contribution in [0.4, 0.5) is 0 Å². The van der Waals surface area contributed by atoms with Gasteiger partial charge < -0.3 is 25.6 Å². The largest absolute Gasteiger partial charge is 0.461 e. The van der Waals surface area contributed by atoms with E-state index in [0.717, 1.165) is 5.56 Å². The Balaban J connectivity index is 2.43. The van der Waals surface area contributed by atoms with Crippen molar-refractivity contribution in [3.63, 3.8) is 0 Å². The number of rotatable bonds is 15. The number of ketones is 1. The molecule has 30 heavy (non-hydrogen) atoms. The Hall–Kier alpha value is -2.29. The van der Waals surface area contributed by atoms with Crippen LogP contribution in [0, 0.1) is 5.92 Å². The molecule has 1 aromatic carbocycles. The van der Waals surface area contributed by atoms with Crippen molar-refractivity contribution in [2.75, 3.05) is 19.8 Å². The Labute approximate surface area is 178 Å². The second kappa shape index (κ2) is 14.7. The highest BCUT2D eigenvalue weighted by atomic mass is 16.5. The summed E-state index contributed by atoms with van der Waals surface area (Å²) in [5.74, 6) is -0.986. The number of esters is 1. The molecule has 8 nitrogen and oxygen atoms in total. The third-order valence-electron chi connectivity index (χ3n) is 4.34. The summed E-state index contributed by atoms with van der Waals surface area (Å²) in [5, 5.41) is 11.4. The van der Waals surface area contributed by atoms with Crippen molar-refractivity contribution < 1.29 is 29.0 Å². The van der Waals surface area contributed by atoms with Crippen molar-refractivity contribution in [2.24, 2.45) is 11.7 Å². The molecule has 2 atom stereocenters. The van der Waals surface area contributed by atoms with Crippen LogP contribution in [0.3, 0.4) is 0 Å². The Bertz CT molecular complexity index is 650. The molecule has 0 fully saturated rings. The summed E-state index contributed by atoms with van der Waals surface area (Å²) in [6.45, 7) is 4.18. The van der Waals surface area contributed by atoms with Crippen molar-refractivity contribution in [3.05, 3.63) is 35.9 Å². The van der Waals surface area contributed by atoms with E-state index in [9.17, 15) is 14.4 Å². The topological polar surface area (TPSA) is 128 Å². The smallest absolute Gasteiger partial charge is 0.306 e. The summed E-state index contributed by atoms with van der Waals surface area (Å²) in [4.78, 5) is 36.7. The summed E-state index contributed by atoms with van der Waals surface area (Å²) < 4.78 is 10.4. The van der Waals surface area contributed by atoms with Gasteiger partial charge in [-0.1, -0.05) is 44.2 Å². The number of Topliss-reactive ketones (excluding diaryl/α,β-unsaturated/α-hetero) is 1. The number of carbonyl (C=O) groups excluding carboxylic acids is 3. The van der Waals surface area contributed by atoms with Crippen LogP contribution in [0.5, 0.6) is 0 Å². The van der Waals surface area contributed by atoms with E-state index in [0.29, 0.717) is 12.8 Å². The average molecular weight is 423 g/mol. The van der Waals surface area contributed by atoms with E-state index in [-0.39, 0.29) is 51.0 Å². The molecule has 2 unspecified atom stereocenters. The van der Waals surface area contributed by atoms with Gasteiger partial charge in [-0.05, 0) is 30.7 Å². The van der Waals surface area contributed by atoms with Gasteiger partial charge in [-0.2, -0.15) is 0 Å². The molecule has 0 saturated carbocycles. The van der Waals surface area contributed by atoms with Crippen molar-refractivity contribution in [1.29, 1.82) is 0 Å². The summed E-state index contributed by atoms with van der Waals surface area (Å²) in [5.41, 5.74) is 6.78. The van der Waals surface area contributed by atoms with Crippen LogP contribution in [-0.2, 0) is 30.5 Å². The maximum absolute atomic E-state index is 12.4. The molecule has 1 rings (SSSR count). The van der Waals surface area contributed by atoms with Crippen LogP contribution in [-0.4, -0.2) is 54.7 Å². The molecule has 168 valence electrons. The van der Waals surface area contributed by atoms with Crippen LogP contribution < -0.4 is 11.1 Å². The lowest BCUT2D eigenvalue weighted by atomic mass is 9.99. The van der Waals surface area contributed by atoms with E-state index < -0.39 is 24.0 Å². The number of hydrogen-bond donors (Lipinski definition) is 3. The zero-order valence-electron chi connectivity index (χ0n) is 17.8. The number of nitrogens with two attached hydrogens (primary N) is 1. The Morgan fingerprint density at radius 3 is 2.50 bits per heavy atom. The van der Waals surface area contributed by atoms with Gasteiger partial charge in [0.15, 0.2) is 5.78 Å². The first-order chi connectivity index (χ1) is 14.3. The van der Waals surface area contributed by atoms with Gasteiger partial charge in [-0.15, -0.1) is 0 Å². The maximum Gasteiger partial charge on any atom is 0.306 e. The number of hydrogen-bond acceptors (Lipinski definition) is 7. The summed E-state index contributed by atoms with van der Waals surface area (Å²) in [6, 6.07) is 7.67. The van der Waals surface area contributed by atoms with Gasteiger partial charge in [0.05, 0.1) is 12.1 Å². The molecule has 1 aromatic rings. The zero-order chi connectivity index (χ0) is 22.4. The number of carbonyl (C=O) groups is 3. The molecule has 0 radical (unpaired) electrons. The molecule has 0 aliphatic rings. The predicted molar refractivity (Wildman–Crippen MR) is 112 cm³/mol. The molecule has 0 saturated heterocycles. The Morgan fingerprint density at radius 1 is 1.17 bits per heavy atom. The van der Waals surface area contributed by atoms with E-state index in [2.05, 4.69) is 5.32 Å². The predicted octanol–water partition coefficient (Wildman–Crippen LogP) is 1.34. The molecule has 1 amide bonds. The fourth-order valence-corrected chi connectivity index (χ4v) is 2.68. The molecule has 0 bridgehead atoms. The number of ether oxygens (including phenoxy) is 2. The highest BCUT2D eigenvalue weighted by molar-refractivity contribution is 5.91. The minimum Gasteiger partial charge on any atom is -0.461 e. The molecule has 0 heterocycles. The standard InChI is InChI=1S/C22H34N2O6/c1-16(2)13-19(20(26)15-29-12-6-11-25)24-22(28)18(23)9-10-21(27)30-14-17-7-4-3-5-8-17/h3-5,7-8,16,18-19,25H,6,9-15,23H2,1-2H3,(H,24,28). The molecule has 0 aliphatic carbocycles. The Kier molecular flexibility index (Phi) is 12.6. The minimum absolute atomic E-state index is 0.00842. The van der Waals surface area contributed by atoms with Gasteiger partial charge in [-0.3, -0.25) is 14.4 Å². The van der Waals surface area contributed by atoms with Crippen LogP contribution in [0.2, 0.25) is 0 Å². The normalized spacial score (nSPS) is 13.0. The van der Waals surface area contributed by atoms with E-state index in [1.807, 2.05) is 44.2 Å². The molecular weight excluding hydrogens is 388 g/mol. The number of nitrogens with one attached hydrogen (secondary N) is 1. The molecule has 8 heteroatoms. The maximum atomic E-state index is 12.4. The third kappa shape index (κ3) is 11.0. The van der Waals surface area contributed by atoms with Gasteiger partial charge in [0.1, 0.15) is 13.2 Å². The molecule has 0 aromatic heterocycles. The number of benzene rings is 1. The lowest BCUT2D eigenvalue weighted by Gasteiger charge is -2.21. The zero-order valence-corrected chi connectivity index (χ0v) is 17.8. The molecule has 0 aliphatic heterocycles. The van der Waals surface area contributed by atoms with Gasteiger partial charge in [0.25, 0.3) is 0 Å². The second-order valence-corrected chi connectivity index (χ2v) is 7.58. The van der Waals surface area contributed by atoms with E-state index >= 15 is 0 Å². The summed E-state index contributed by atoms with van der Waals surface area (Å²) in [6.07, 6.45) is 1.03. The average Bonchev–Trinajstić information content (AvgIpc) is 2.73. The summed E-state index contributed by atoms with van der Waals surface area (Å²) >= 11 is 0. The number of amides is 1. The van der Waals surface area contributed by atoms with Crippen LogP contribution in [0.15, 0.2) is 30.3 Å². The molecule has 0 spiro atoms. The van der Waals surface area contributed by atoms with E-state index in [1.165, 1.54) is 0 Å². The van der Waals surface area contributed by atoms with Gasteiger partial charge >= 0.3 is 5.97 Å². The van der Waals surface area contributed by atoms with E-state index in [4.69, 9.17) is 20.3 Å². The second-order valence-electron chi connectivity index (χ2n) is 7.58. The van der Waals surface area contributed by atoms with Crippen LogP contribution in [0.1, 0.15) is 45.1 Å². The van der Waals surface area contributed by atoms with Crippen LogP contribution in [0.25, 0.3) is 0 Å². The molecule has 4 N–H and O–H groups in total. The fourth-order valence-electron chi connectivity index (χ4n) is 2.68. The number of aliphatic hydroxyl groups excluding tert-OH is 1. The SMILES string of the molecule is CC(C)CC(NC(=O)C(N)CCC(=O)OCc1ccccc1)C(=O)COCCCO. The first-order valence-corrected chi connectivity index (χ1v) is 10.3. The monoisotopic (exact) mass is 422 g/mol. The van der Waals surface area contributed by atoms with Gasteiger partial charge in [0.2, 0.25) is 5.91 Å². The van der Waals surface area contributed by atoms with Gasteiger partial charge in [-0.25, -0.2) is 0 Å². The quantitative estimate of drug-likeness (QED) is 0.287. The van der Waals surface area contributed by atoms with Crippen molar-refractivity contribution >= 4 is 17.7 Å². The van der Waals surface area contributed by atoms with Crippen molar-refractivity contribution in [1.82, 2.24) is 5.32 Å². The van der Waals surface area contributed by atoms with Gasteiger partial charge in [0, 0.05) is 19.6 Å². The van der Waals surface area contributed by atoms with Crippen molar-refractivity contribution in [2.45, 2.75) is 58.2 Å². The lowest BCUT2D eigenvalue weighted by molar-refractivity contribution is -0.145. The number of aliphatic hydroxyl groups is 1. The fraction of sp³-hybridized carbons (Fsp3) is 0.591. The Morgan fingerprint density at radius 2 is 1.87 bits per heavy atom. The first-order valence-electron chi connectivity index (χ1n) is 10.3. The van der Waals surface area contributed by atoms with Crippen molar-refractivity contribution in [3.8, 4) is 0 Å². The minimum atomic E-state index is -0.924. The van der Waals surface area contributed by atoms with Crippen LogP contribution >= 0.6 is 0 Å². The molecular formula is C22H34N2O6. The summed E-state index contributed by atoms with van der Waals surface area (Å²) in [7, 11) is 0. The first kappa shape index (κ1) is 25.7. The highest BCUT2D eigenvalue weighted by Crippen LogP contribution is 2.08. The van der Waals surface area contributed by atoms with E-state index in [1.54, 1.807) is 0 Å². The highest BCUT2D eigenvalue weighted by Gasteiger charge is 2.25. The lowest BCUT2D eigenvalue weighted by Crippen LogP contribution is -2.49.